The number of methoxy groups -OCH3 is 3. The monoisotopic (exact) mass is 414 g/mol. The van der Waals surface area contributed by atoms with Crippen molar-refractivity contribution in [1.29, 1.82) is 0 Å². The molecule has 1 fully saturated rings. The van der Waals surface area contributed by atoms with Crippen molar-refractivity contribution in [2.24, 2.45) is 11.8 Å². The fraction of sp³-hybridized carbons (Fsp3) is 0.409. The highest BCUT2D eigenvalue weighted by molar-refractivity contribution is 5.79. The van der Waals surface area contributed by atoms with Crippen LogP contribution in [0.25, 0.3) is 0 Å². The molecule has 0 unspecified atom stereocenters. The van der Waals surface area contributed by atoms with E-state index in [1.165, 1.54) is 0 Å². The topological polar surface area (TPSA) is 92.7 Å². The summed E-state index contributed by atoms with van der Waals surface area (Å²) in [6.07, 6.45) is 0.523. The molecule has 5 rings (SSSR count). The van der Waals surface area contributed by atoms with Gasteiger partial charge in [0.1, 0.15) is 0 Å². The Labute approximate surface area is 173 Å². The minimum atomic E-state index is -0.389. The van der Waals surface area contributed by atoms with Crippen LogP contribution in [0.3, 0.4) is 0 Å². The first-order valence-corrected chi connectivity index (χ1v) is 9.68. The molecular weight excluding hydrogens is 392 g/mol. The first-order valence-electron chi connectivity index (χ1n) is 9.68. The summed E-state index contributed by atoms with van der Waals surface area (Å²) in [6.45, 7) is 0.368. The van der Waals surface area contributed by atoms with Gasteiger partial charge in [0.2, 0.25) is 18.3 Å². The van der Waals surface area contributed by atoms with Crippen LogP contribution < -0.4 is 23.7 Å². The smallest absolute Gasteiger partial charge is 0.310 e. The Morgan fingerprint density at radius 3 is 2.40 bits per heavy atom. The standard InChI is InChI=1S/C22H22O8/c1-25-14-5-10(6-15(26-2)20(14)27-3)17-12-7-16-21(30-9-29-16)19(23)13(12)4-11-8-28-22(24)18(11)17/h5-7,11,17-18,23H,4,8-9H2,1-3H3/t11-,17-,18-/m0/s1. The average Bonchev–Trinajstić information content (AvgIpc) is 3.38. The largest absolute Gasteiger partial charge is 0.504 e. The van der Waals surface area contributed by atoms with E-state index >= 15 is 0 Å². The summed E-state index contributed by atoms with van der Waals surface area (Å²) >= 11 is 0. The molecule has 0 radical (unpaired) electrons. The molecule has 0 spiro atoms. The van der Waals surface area contributed by atoms with Gasteiger partial charge in [-0.25, -0.2) is 0 Å². The number of ether oxygens (including phenoxy) is 6. The van der Waals surface area contributed by atoms with Gasteiger partial charge in [0, 0.05) is 17.4 Å². The number of phenols is 1. The predicted octanol–water partition coefficient (Wildman–Crippen LogP) is 2.62. The van der Waals surface area contributed by atoms with Crippen LogP contribution in [0.5, 0.6) is 34.5 Å². The second-order valence-corrected chi connectivity index (χ2v) is 7.58. The average molecular weight is 414 g/mol. The lowest BCUT2D eigenvalue weighted by atomic mass is 9.67. The molecule has 1 aliphatic carbocycles. The number of hydrogen-bond donors (Lipinski definition) is 1. The molecule has 158 valence electrons. The minimum absolute atomic E-state index is 0.0511. The zero-order chi connectivity index (χ0) is 21.0. The fourth-order valence-electron chi connectivity index (χ4n) is 4.87. The van der Waals surface area contributed by atoms with E-state index in [4.69, 9.17) is 28.4 Å². The third kappa shape index (κ3) is 2.56. The van der Waals surface area contributed by atoms with Crippen molar-refractivity contribution in [3.63, 3.8) is 0 Å². The molecule has 0 bridgehead atoms. The second-order valence-electron chi connectivity index (χ2n) is 7.58. The van der Waals surface area contributed by atoms with E-state index in [1.807, 2.05) is 18.2 Å². The number of aromatic hydroxyl groups is 1. The second kappa shape index (κ2) is 6.90. The highest BCUT2D eigenvalue weighted by Gasteiger charge is 2.49. The molecule has 2 aromatic rings. The molecular formula is C22H22O8. The number of carbonyl (C=O) groups is 1. The van der Waals surface area contributed by atoms with Gasteiger partial charge in [-0.15, -0.1) is 0 Å². The molecule has 1 saturated heterocycles. The van der Waals surface area contributed by atoms with E-state index in [1.54, 1.807) is 21.3 Å². The van der Waals surface area contributed by atoms with Gasteiger partial charge in [-0.3, -0.25) is 4.79 Å². The maximum atomic E-state index is 12.7. The Kier molecular flexibility index (Phi) is 4.30. The molecule has 1 N–H and O–H groups in total. The van der Waals surface area contributed by atoms with E-state index < -0.39 is 0 Å². The van der Waals surface area contributed by atoms with Gasteiger partial charge in [-0.05, 0) is 35.7 Å². The van der Waals surface area contributed by atoms with Gasteiger partial charge >= 0.3 is 5.97 Å². The van der Waals surface area contributed by atoms with Gasteiger partial charge < -0.3 is 33.5 Å². The van der Waals surface area contributed by atoms with E-state index in [-0.39, 0.29) is 36.3 Å². The van der Waals surface area contributed by atoms with E-state index in [2.05, 4.69) is 0 Å². The molecule has 2 heterocycles. The van der Waals surface area contributed by atoms with Crippen LogP contribution in [-0.2, 0) is 16.0 Å². The number of carbonyl (C=O) groups excluding carboxylic acids is 1. The van der Waals surface area contributed by atoms with Crippen LogP contribution in [0, 0.1) is 11.8 Å². The Bertz CT molecular complexity index is 1010. The minimum Gasteiger partial charge on any atom is -0.504 e. The van der Waals surface area contributed by atoms with Gasteiger partial charge in [0.25, 0.3) is 0 Å². The van der Waals surface area contributed by atoms with Gasteiger partial charge in [-0.2, -0.15) is 0 Å². The molecule has 0 amide bonds. The molecule has 0 saturated carbocycles. The lowest BCUT2D eigenvalue weighted by Gasteiger charge is -2.34. The molecule has 0 aromatic heterocycles. The number of cyclic esters (lactones) is 1. The first-order chi connectivity index (χ1) is 14.6. The van der Waals surface area contributed by atoms with Crippen LogP contribution in [0.15, 0.2) is 18.2 Å². The summed E-state index contributed by atoms with van der Waals surface area (Å²) in [4.78, 5) is 12.7. The van der Waals surface area contributed by atoms with Crippen LogP contribution in [0.2, 0.25) is 0 Å². The number of hydrogen-bond acceptors (Lipinski definition) is 8. The Morgan fingerprint density at radius 2 is 1.73 bits per heavy atom. The molecule has 8 heteroatoms. The van der Waals surface area contributed by atoms with Crippen LogP contribution in [0.1, 0.15) is 22.6 Å². The number of phenolic OH excluding ortho intramolecular Hbond substituents is 1. The van der Waals surface area contributed by atoms with Crippen molar-refractivity contribution in [2.45, 2.75) is 12.3 Å². The van der Waals surface area contributed by atoms with Crippen molar-refractivity contribution >= 4 is 5.97 Å². The number of benzene rings is 2. The van der Waals surface area contributed by atoms with Crippen LogP contribution in [-0.4, -0.2) is 45.8 Å². The number of esters is 1. The van der Waals surface area contributed by atoms with Crippen molar-refractivity contribution in [1.82, 2.24) is 0 Å². The van der Waals surface area contributed by atoms with E-state index in [0.29, 0.717) is 41.8 Å². The molecule has 30 heavy (non-hydrogen) atoms. The quantitative estimate of drug-likeness (QED) is 0.764. The maximum Gasteiger partial charge on any atom is 0.310 e. The zero-order valence-electron chi connectivity index (χ0n) is 16.9. The van der Waals surface area contributed by atoms with Gasteiger partial charge in [0.05, 0.1) is 33.9 Å². The fourth-order valence-corrected chi connectivity index (χ4v) is 4.87. The first kappa shape index (κ1) is 18.7. The molecule has 3 aliphatic rings. The SMILES string of the molecule is COc1cc([C@H]2c3cc4c(c(O)c3C[C@H]3COC(=O)[C@@H]32)OCO4)cc(OC)c1OC. The summed E-state index contributed by atoms with van der Waals surface area (Å²) in [7, 11) is 4.64. The summed E-state index contributed by atoms with van der Waals surface area (Å²) in [5.41, 5.74) is 2.36. The van der Waals surface area contributed by atoms with Gasteiger partial charge in [0.15, 0.2) is 23.0 Å². The Morgan fingerprint density at radius 1 is 1.00 bits per heavy atom. The maximum absolute atomic E-state index is 12.7. The van der Waals surface area contributed by atoms with Crippen LogP contribution >= 0.6 is 0 Å². The normalized spacial score (nSPS) is 23.4. The third-order valence-electron chi connectivity index (χ3n) is 6.20. The van der Waals surface area contributed by atoms with Crippen molar-refractivity contribution in [3.05, 3.63) is 34.9 Å². The highest BCUT2D eigenvalue weighted by Crippen LogP contribution is 2.55. The number of fused-ring (bicyclic) bond motifs is 3. The summed E-state index contributed by atoms with van der Waals surface area (Å²) in [6, 6.07) is 5.53. The third-order valence-corrected chi connectivity index (χ3v) is 6.20. The van der Waals surface area contributed by atoms with E-state index in [9.17, 15) is 9.90 Å². The predicted molar refractivity (Wildman–Crippen MR) is 104 cm³/mol. The van der Waals surface area contributed by atoms with Crippen molar-refractivity contribution < 1.29 is 38.3 Å². The summed E-state index contributed by atoms with van der Waals surface area (Å²) in [5.74, 6) is 1.27. The highest BCUT2D eigenvalue weighted by atomic mass is 16.7. The molecule has 8 nitrogen and oxygen atoms in total. The summed E-state index contributed by atoms with van der Waals surface area (Å²) < 4.78 is 32.9. The molecule has 2 aliphatic heterocycles. The molecule has 2 aromatic carbocycles. The lowest BCUT2D eigenvalue weighted by molar-refractivity contribution is -0.141. The lowest BCUT2D eigenvalue weighted by Crippen LogP contribution is -2.31. The van der Waals surface area contributed by atoms with E-state index in [0.717, 1.165) is 16.7 Å². The van der Waals surface area contributed by atoms with Crippen molar-refractivity contribution in [3.8, 4) is 34.5 Å². The Hall–Kier alpha value is -3.29. The van der Waals surface area contributed by atoms with Gasteiger partial charge in [-0.1, -0.05) is 0 Å². The van der Waals surface area contributed by atoms with Crippen LogP contribution in [0.4, 0.5) is 0 Å². The molecule has 3 atom stereocenters. The summed E-state index contributed by atoms with van der Waals surface area (Å²) in [5, 5.41) is 10.9. The Balaban J connectivity index is 1.75. The zero-order valence-corrected chi connectivity index (χ0v) is 16.9. The van der Waals surface area contributed by atoms with Crippen molar-refractivity contribution in [2.75, 3.05) is 34.7 Å². The number of rotatable bonds is 4.